The fourth-order valence-electron chi connectivity index (χ4n) is 1.64. The van der Waals surface area contributed by atoms with Crippen LogP contribution >= 0.6 is 0 Å². The van der Waals surface area contributed by atoms with Crippen LogP contribution in [0.3, 0.4) is 0 Å². The van der Waals surface area contributed by atoms with Gasteiger partial charge in [-0.1, -0.05) is 19.9 Å². The lowest BCUT2D eigenvalue weighted by atomic mass is 10.1. The Labute approximate surface area is 123 Å². The molecule has 0 saturated carbocycles. The fraction of sp³-hybridized carbons (Fsp3) is 0.500. The van der Waals surface area contributed by atoms with Crippen LogP contribution in [0.15, 0.2) is 18.2 Å². The molecule has 0 heterocycles. The van der Waals surface area contributed by atoms with Gasteiger partial charge in [-0.25, -0.2) is 0 Å². The van der Waals surface area contributed by atoms with E-state index < -0.39 is 16.7 Å². The summed E-state index contributed by atoms with van der Waals surface area (Å²) in [5, 5.41) is 14.2. The number of ether oxygens (including phenoxy) is 1. The monoisotopic (exact) mass is 295 g/mol. The van der Waals surface area contributed by atoms with Gasteiger partial charge in [-0.2, -0.15) is 0 Å². The van der Waals surface area contributed by atoms with Gasteiger partial charge in [-0.05, 0) is 24.6 Å². The summed E-state index contributed by atoms with van der Waals surface area (Å²) in [6.07, 6.45) is 1.01. The fourth-order valence-corrected chi connectivity index (χ4v) is 1.64. The summed E-state index contributed by atoms with van der Waals surface area (Å²) >= 11 is 0. The molecule has 1 aromatic rings. The Hall–Kier alpha value is -2.15. The third-order valence-corrected chi connectivity index (χ3v) is 2.95. The number of amides is 1. The Bertz CT molecular complexity index is 505. The number of nitrogens with two attached hydrogens (primary N) is 1. The highest BCUT2D eigenvalue weighted by Gasteiger charge is 2.18. The van der Waals surface area contributed by atoms with Gasteiger partial charge in [-0.3, -0.25) is 14.9 Å². The highest BCUT2D eigenvalue weighted by atomic mass is 16.6. The second kappa shape index (κ2) is 8.21. The Morgan fingerprint density at radius 2 is 2.24 bits per heavy atom. The first-order valence-electron chi connectivity index (χ1n) is 6.85. The van der Waals surface area contributed by atoms with Gasteiger partial charge >= 0.3 is 5.69 Å². The molecule has 21 heavy (non-hydrogen) atoms. The van der Waals surface area contributed by atoms with Crippen LogP contribution in [0.25, 0.3) is 0 Å². The molecular formula is C14H21N3O4. The van der Waals surface area contributed by atoms with Crippen molar-refractivity contribution in [1.82, 2.24) is 5.32 Å². The summed E-state index contributed by atoms with van der Waals surface area (Å²) < 4.78 is 5.40. The Balaban J connectivity index is 2.83. The third-order valence-electron chi connectivity index (χ3n) is 2.95. The smallest absolute Gasteiger partial charge is 0.310 e. The number of nitro groups is 1. The Morgan fingerprint density at radius 1 is 1.52 bits per heavy atom. The van der Waals surface area contributed by atoms with Gasteiger partial charge in [-0.15, -0.1) is 0 Å². The minimum atomic E-state index is -0.508. The second-order valence-corrected chi connectivity index (χ2v) is 4.85. The Morgan fingerprint density at radius 3 is 2.81 bits per heavy atom. The highest BCUT2D eigenvalue weighted by Crippen LogP contribution is 2.28. The SMILES string of the molecule is CCCNCc1ccc([N+](=O)[O-])c(OCC(C)C(N)=O)c1. The van der Waals surface area contributed by atoms with Crippen LogP contribution in [0.1, 0.15) is 25.8 Å². The summed E-state index contributed by atoms with van der Waals surface area (Å²) in [5.74, 6) is -0.853. The topological polar surface area (TPSA) is 107 Å². The van der Waals surface area contributed by atoms with E-state index in [4.69, 9.17) is 10.5 Å². The predicted molar refractivity (Wildman–Crippen MR) is 78.9 cm³/mol. The summed E-state index contributed by atoms with van der Waals surface area (Å²) in [5.41, 5.74) is 5.91. The number of hydrogen-bond acceptors (Lipinski definition) is 5. The third kappa shape index (κ3) is 5.39. The zero-order chi connectivity index (χ0) is 15.8. The molecule has 0 aliphatic carbocycles. The molecule has 0 fully saturated rings. The Kier molecular flexibility index (Phi) is 6.61. The lowest BCUT2D eigenvalue weighted by Crippen LogP contribution is -2.26. The molecule has 116 valence electrons. The molecule has 0 aliphatic rings. The molecule has 1 atom stereocenters. The summed E-state index contributed by atoms with van der Waals surface area (Å²) in [6.45, 7) is 5.16. The predicted octanol–water partition coefficient (Wildman–Crippen LogP) is 1.59. The van der Waals surface area contributed by atoms with E-state index in [-0.39, 0.29) is 18.0 Å². The van der Waals surface area contributed by atoms with Gasteiger partial charge in [0.05, 0.1) is 17.4 Å². The van der Waals surface area contributed by atoms with Gasteiger partial charge in [0, 0.05) is 12.6 Å². The van der Waals surface area contributed by atoms with Crippen molar-refractivity contribution in [3.63, 3.8) is 0 Å². The van der Waals surface area contributed by atoms with E-state index in [1.165, 1.54) is 6.07 Å². The van der Waals surface area contributed by atoms with E-state index >= 15 is 0 Å². The van der Waals surface area contributed by atoms with E-state index in [0.717, 1.165) is 18.5 Å². The molecule has 1 amide bonds. The average molecular weight is 295 g/mol. The number of nitrogens with zero attached hydrogens (tertiary/aromatic N) is 1. The summed E-state index contributed by atoms with van der Waals surface area (Å²) in [6, 6.07) is 4.72. The molecule has 3 N–H and O–H groups in total. The van der Waals surface area contributed by atoms with Crippen molar-refractivity contribution < 1.29 is 14.5 Å². The van der Waals surface area contributed by atoms with Crippen LogP contribution in [0, 0.1) is 16.0 Å². The van der Waals surface area contributed by atoms with Crippen LogP contribution in [-0.4, -0.2) is 24.0 Å². The number of rotatable bonds is 9. The first kappa shape index (κ1) is 16.9. The molecule has 7 heteroatoms. The van der Waals surface area contributed by atoms with Crippen molar-refractivity contribution in [2.45, 2.75) is 26.8 Å². The maximum absolute atomic E-state index is 11.0. The minimum absolute atomic E-state index is 0.0159. The molecule has 0 aliphatic heterocycles. The van der Waals surface area contributed by atoms with Crippen LogP contribution in [0.2, 0.25) is 0 Å². The van der Waals surface area contributed by atoms with E-state index in [0.29, 0.717) is 6.54 Å². The molecule has 0 aromatic heterocycles. The van der Waals surface area contributed by atoms with Crippen molar-refractivity contribution in [1.29, 1.82) is 0 Å². The van der Waals surface area contributed by atoms with Crippen molar-refractivity contribution >= 4 is 11.6 Å². The summed E-state index contributed by atoms with van der Waals surface area (Å²) in [7, 11) is 0. The van der Waals surface area contributed by atoms with Crippen molar-refractivity contribution in [2.24, 2.45) is 11.7 Å². The maximum atomic E-state index is 11.0. The van der Waals surface area contributed by atoms with Crippen molar-refractivity contribution in [3.8, 4) is 5.75 Å². The quantitative estimate of drug-likeness (QED) is 0.408. The van der Waals surface area contributed by atoms with E-state index in [1.807, 2.05) is 0 Å². The van der Waals surface area contributed by atoms with Gasteiger partial charge < -0.3 is 15.8 Å². The highest BCUT2D eigenvalue weighted by molar-refractivity contribution is 5.76. The number of benzene rings is 1. The standard InChI is InChI=1S/C14H21N3O4/c1-3-6-16-8-11-4-5-12(17(19)20)13(7-11)21-9-10(2)14(15)18/h4-5,7,10,16H,3,6,8-9H2,1-2H3,(H2,15,18). The first-order chi connectivity index (χ1) is 9.95. The molecule has 1 aromatic carbocycles. The van der Waals surface area contributed by atoms with Crippen LogP contribution < -0.4 is 15.8 Å². The molecule has 0 radical (unpaired) electrons. The molecule has 0 bridgehead atoms. The minimum Gasteiger partial charge on any atom is -0.486 e. The molecule has 0 saturated heterocycles. The summed E-state index contributed by atoms with van der Waals surface area (Å²) in [4.78, 5) is 21.5. The van der Waals surface area contributed by atoms with E-state index in [9.17, 15) is 14.9 Å². The molecule has 1 unspecified atom stereocenters. The number of hydrogen-bond donors (Lipinski definition) is 2. The van der Waals surface area contributed by atoms with Crippen LogP contribution in [0.4, 0.5) is 5.69 Å². The molecule has 1 rings (SSSR count). The largest absolute Gasteiger partial charge is 0.486 e. The van der Waals surface area contributed by atoms with Gasteiger partial charge in [0.15, 0.2) is 5.75 Å². The maximum Gasteiger partial charge on any atom is 0.310 e. The number of carbonyl (C=O) groups excluding carboxylic acids is 1. The van der Waals surface area contributed by atoms with Crippen molar-refractivity contribution in [3.05, 3.63) is 33.9 Å². The molecule has 7 nitrogen and oxygen atoms in total. The lowest BCUT2D eigenvalue weighted by molar-refractivity contribution is -0.385. The van der Waals surface area contributed by atoms with Gasteiger partial charge in [0.2, 0.25) is 5.91 Å². The zero-order valence-corrected chi connectivity index (χ0v) is 12.3. The van der Waals surface area contributed by atoms with Crippen LogP contribution in [0.5, 0.6) is 5.75 Å². The first-order valence-corrected chi connectivity index (χ1v) is 6.85. The lowest BCUT2D eigenvalue weighted by Gasteiger charge is -2.11. The molecule has 0 spiro atoms. The average Bonchev–Trinajstić information content (AvgIpc) is 2.44. The number of nitrogens with one attached hydrogen (secondary N) is 1. The molecular weight excluding hydrogens is 274 g/mol. The van der Waals surface area contributed by atoms with E-state index in [1.54, 1.807) is 19.1 Å². The van der Waals surface area contributed by atoms with Gasteiger partial charge in [0.1, 0.15) is 0 Å². The van der Waals surface area contributed by atoms with Crippen molar-refractivity contribution in [2.75, 3.05) is 13.2 Å². The van der Waals surface area contributed by atoms with Crippen LogP contribution in [-0.2, 0) is 11.3 Å². The number of carbonyl (C=O) groups is 1. The van der Waals surface area contributed by atoms with Gasteiger partial charge in [0.25, 0.3) is 0 Å². The normalized spacial score (nSPS) is 11.9. The zero-order valence-electron chi connectivity index (χ0n) is 12.3. The second-order valence-electron chi connectivity index (χ2n) is 4.85. The number of nitro benzene ring substituents is 1. The van der Waals surface area contributed by atoms with E-state index in [2.05, 4.69) is 12.2 Å². The number of primary amides is 1.